The van der Waals surface area contributed by atoms with Gasteiger partial charge in [0.15, 0.2) is 0 Å². The largest absolute Gasteiger partial charge is 0.481 e. The summed E-state index contributed by atoms with van der Waals surface area (Å²) in [5.74, 6) is -0.904. The molecule has 6 heteroatoms. The molecule has 106 valence electrons. The summed E-state index contributed by atoms with van der Waals surface area (Å²) >= 11 is 1.63. The lowest BCUT2D eigenvalue weighted by Gasteiger charge is -2.18. The lowest BCUT2D eigenvalue weighted by Crippen LogP contribution is -2.46. The second-order valence-corrected chi connectivity index (χ2v) is 5.34. The van der Waals surface area contributed by atoms with E-state index >= 15 is 0 Å². The monoisotopic (exact) mass is 284 g/mol. The van der Waals surface area contributed by atoms with Crippen molar-refractivity contribution in [3.05, 3.63) is 22.4 Å². The van der Waals surface area contributed by atoms with Gasteiger partial charge in [-0.05, 0) is 42.2 Å². The highest BCUT2D eigenvalue weighted by molar-refractivity contribution is 7.07. The second-order valence-electron chi connectivity index (χ2n) is 4.56. The third-order valence-corrected chi connectivity index (χ3v) is 3.48. The highest BCUT2D eigenvalue weighted by Gasteiger charge is 2.15. The van der Waals surface area contributed by atoms with Crippen LogP contribution >= 0.6 is 11.3 Å². The van der Waals surface area contributed by atoms with Gasteiger partial charge in [0.2, 0.25) is 0 Å². The minimum atomic E-state index is -0.904. The Balaban J connectivity index is 2.34. The van der Waals surface area contributed by atoms with Crippen LogP contribution in [0.25, 0.3) is 0 Å². The van der Waals surface area contributed by atoms with Gasteiger partial charge in [-0.3, -0.25) is 4.79 Å². The minimum Gasteiger partial charge on any atom is -0.481 e. The molecule has 0 saturated heterocycles. The van der Waals surface area contributed by atoms with Gasteiger partial charge in [-0.2, -0.15) is 11.3 Å². The van der Waals surface area contributed by atoms with Crippen LogP contribution in [0.4, 0.5) is 4.79 Å². The quantitative estimate of drug-likeness (QED) is 0.718. The van der Waals surface area contributed by atoms with Crippen LogP contribution in [0.2, 0.25) is 0 Å². The van der Waals surface area contributed by atoms with Gasteiger partial charge in [-0.1, -0.05) is 6.92 Å². The number of nitrogens with one attached hydrogen (secondary N) is 2. The molecule has 5 nitrogen and oxygen atoms in total. The molecule has 3 N–H and O–H groups in total. The molecule has 1 rings (SSSR count). The van der Waals surface area contributed by atoms with E-state index in [1.165, 1.54) is 5.56 Å². The van der Waals surface area contributed by atoms with E-state index in [-0.39, 0.29) is 24.5 Å². The van der Waals surface area contributed by atoms with Gasteiger partial charge in [-0.15, -0.1) is 0 Å². The fraction of sp³-hybridized carbons (Fsp3) is 0.538. The van der Waals surface area contributed by atoms with E-state index in [1.807, 2.05) is 25.3 Å². The van der Waals surface area contributed by atoms with Crippen LogP contribution in [-0.2, 0) is 11.2 Å². The third-order valence-electron chi connectivity index (χ3n) is 2.75. The summed E-state index contributed by atoms with van der Waals surface area (Å²) in [4.78, 5) is 22.3. The number of hydrogen-bond acceptors (Lipinski definition) is 3. The van der Waals surface area contributed by atoms with E-state index in [0.29, 0.717) is 6.42 Å². The lowest BCUT2D eigenvalue weighted by molar-refractivity contribution is -0.137. The molecule has 1 aromatic heterocycles. The Morgan fingerprint density at radius 2 is 2.16 bits per heavy atom. The first-order chi connectivity index (χ1) is 9.01. The minimum absolute atomic E-state index is 0.0111. The molecule has 0 bridgehead atoms. The highest BCUT2D eigenvalue weighted by atomic mass is 32.1. The van der Waals surface area contributed by atoms with E-state index in [4.69, 9.17) is 5.11 Å². The highest BCUT2D eigenvalue weighted by Crippen LogP contribution is 2.08. The van der Waals surface area contributed by atoms with E-state index in [2.05, 4.69) is 16.0 Å². The van der Waals surface area contributed by atoms with E-state index in [1.54, 1.807) is 11.3 Å². The van der Waals surface area contributed by atoms with Crippen LogP contribution in [0.15, 0.2) is 16.8 Å². The smallest absolute Gasteiger partial charge is 0.315 e. The molecule has 0 radical (unpaired) electrons. The summed E-state index contributed by atoms with van der Waals surface area (Å²) in [6, 6.07) is 1.40. The van der Waals surface area contributed by atoms with Crippen LogP contribution < -0.4 is 10.6 Å². The Kier molecular flexibility index (Phi) is 6.35. The average Bonchev–Trinajstić information content (AvgIpc) is 2.79. The van der Waals surface area contributed by atoms with Crippen LogP contribution in [0.1, 0.15) is 32.3 Å². The molecule has 0 aliphatic rings. The average molecular weight is 284 g/mol. The number of carbonyl (C=O) groups is 2. The molecule has 0 spiro atoms. The van der Waals surface area contributed by atoms with Gasteiger partial charge in [0.25, 0.3) is 0 Å². The SMILES string of the molecule is CCC(CC(=O)O)NC(=O)NC(C)Cc1ccsc1. The summed E-state index contributed by atoms with van der Waals surface area (Å²) in [5, 5.41) is 18.3. The zero-order chi connectivity index (χ0) is 14.3. The number of urea groups is 1. The second kappa shape index (κ2) is 7.78. The van der Waals surface area contributed by atoms with Crippen LogP contribution in [0, 0.1) is 0 Å². The molecule has 2 unspecified atom stereocenters. The summed E-state index contributed by atoms with van der Waals surface area (Å²) in [5.41, 5.74) is 1.19. The molecule has 0 saturated carbocycles. The maximum Gasteiger partial charge on any atom is 0.315 e. The van der Waals surface area contributed by atoms with Crippen molar-refractivity contribution in [3.63, 3.8) is 0 Å². The number of hydrogen-bond donors (Lipinski definition) is 3. The van der Waals surface area contributed by atoms with Gasteiger partial charge < -0.3 is 15.7 Å². The molecule has 2 atom stereocenters. The number of amides is 2. The maximum atomic E-state index is 11.7. The van der Waals surface area contributed by atoms with Crippen molar-refractivity contribution in [3.8, 4) is 0 Å². The van der Waals surface area contributed by atoms with Crippen molar-refractivity contribution < 1.29 is 14.7 Å². The number of rotatable bonds is 7. The molecule has 1 heterocycles. The zero-order valence-corrected chi connectivity index (χ0v) is 12.0. The Morgan fingerprint density at radius 3 is 2.68 bits per heavy atom. The molecule has 1 aromatic rings. The predicted octanol–water partition coefficient (Wildman–Crippen LogP) is 2.23. The standard InChI is InChI=1S/C13H20N2O3S/c1-3-11(7-12(16)17)15-13(18)14-9(2)6-10-4-5-19-8-10/h4-5,8-9,11H,3,6-7H2,1-2H3,(H,16,17)(H2,14,15,18). The summed E-state index contributed by atoms with van der Waals surface area (Å²) in [7, 11) is 0. The molecule has 0 fully saturated rings. The fourth-order valence-corrected chi connectivity index (χ4v) is 2.45. The van der Waals surface area contributed by atoms with Crippen molar-refractivity contribution >= 4 is 23.3 Å². The third kappa shape index (κ3) is 6.24. The lowest BCUT2D eigenvalue weighted by atomic mass is 10.1. The summed E-state index contributed by atoms with van der Waals surface area (Å²) in [6.07, 6.45) is 1.31. The number of carboxylic acid groups (broad SMARTS) is 1. The molecule has 0 aromatic carbocycles. The number of aliphatic carboxylic acids is 1. The molecular formula is C13H20N2O3S. The normalized spacial score (nSPS) is 13.6. The Hall–Kier alpha value is -1.56. The van der Waals surface area contributed by atoms with Crippen LogP contribution in [0.5, 0.6) is 0 Å². The van der Waals surface area contributed by atoms with Gasteiger partial charge in [0.1, 0.15) is 0 Å². The fourth-order valence-electron chi connectivity index (χ4n) is 1.77. The van der Waals surface area contributed by atoms with Crippen molar-refractivity contribution in [1.82, 2.24) is 10.6 Å². The predicted molar refractivity (Wildman–Crippen MR) is 75.5 cm³/mol. The Bertz CT molecular complexity index is 406. The Labute approximate surface area is 117 Å². The summed E-state index contributed by atoms with van der Waals surface area (Å²) in [6.45, 7) is 3.78. The molecule has 2 amide bonds. The first-order valence-electron chi connectivity index (χ1n) is 6.31. The topological polar surface area (TPSA) is 78.4 Å². The van der Waals surface area contributed by atoms with Crippen molar-refractivity contribution in [2.24, 2.45) is 0 Å². The summed E-state index contributed by atoms with van der Waals surface area (Å²) < 4.78 is 0. The van der Waals surface area contributed by atoms with E-state index in [9.17, 15) is 9.59 Å². The van der Waals surface area contributed by atoms with Crippen molar-refractivity contribution in [2.45, 2.75) is 45.2 Å². The number of carbonyl (C=O) groups excluding carboxylic acids is 1. The van der Waals surface area contributed by atoms with E-state index < -0.39 is 5.97 Å². The molecule has 19 heavy (non-hydrogen) atoms. The van der Waals surface area contributed by atoms with Crippen molar-refractivity contribution in [2.75, 3.05) is 0 Å². The first kappa shape index (κ1) is 15.5. The zero-order valence-electron chi connectivity index (χ0n) is 11.2. The molecular weight excluding hydrogens is 264 g/mol. The molecule has 0 aliphatic heterocycles. The first-order valence-corrected chi connectivity index (χ1v) is 7.25. The van der Waals surface area contributed by atoms with Crippen LogP contribution in [0.3, 0.4) is 0 Å². The molecule has 0 aliphatic carbocycles. The van der Waals surface area contributed by atoms with E-state index in [0.717, 1.165) is 6.42 Å². The van der Waals surface area contributed by atoms with Gasteiger partial charge in [-0.25, -0.2) is 4.79 Å². The van der Waals surface area contributed by atoms with Gasteiger partial charge in [0, 0.05) is 12.1 Å². The number of carboxylic acids is 1. The maximum absolute atomic E-state index is 11.7. The van der Waals surface area contributed by atoms with Crippen LogP contribution in [-0.4, -0.2) is 29.2 Å². The Morgan fingerprint density at radius 1 is 1.42 bits per heavy atom. The number of thiophene rings is 1. The van der Waals surface area contributed by atoms with Gasteiger partial charge >= 0.3 is 12.0 Å². The van der Waals surface area contributed by atoms with Gasteiger partial charge in [0.05, 0.1) is 6.42 Å². The van der Waals surface area contributed by atoms with Crippen molar-refractivity contribution in [1.29, 1.82) is 0 Å².